The molecule has 4 rings (SSSR count). The molecule has 0 unspecified atom stereocenters. The Balaban J connectivity index is 1.75. The van der Waals surface area contributed by atoms with E-state index >= 15 is 0 Å². The van der Waals surface area contributed by atoms with Crippen LogP contribution in [-0.4, -0.2) is 11.7 Å². The van der Waals surface area contributed by atoms with Crippen molar-refractivity contribution in [3.63, 3.8) is 0 Å². The summed E-state index contributed by atoms with van der Waals surface area (Å²) in [6, 6.07) is 21.0. The summed E-state index contributed by atoms with van der Waals surface area (Å²) in [7, 11) is 3.74. The first-order valence-electron chi connectivity index (χ1n) is 9.07. The molecule has 0 aliphatic heterocycles. The zero-order chi connectivity index (χ0) is 18.6. The van der Waals surface area contributed by atoms with Gasteiger partial charge in [-0.15, -0.1) is 0 Å². The van der Waals surface area contributed by atoms with Gasteiger partial charge in [0.2, 0.25) is 0 Å². The van der Waals surface area contributed by atoms with Crippen LogP contribution in [0.2, 0.25) is 0 Å². The van der Waals surface area contributed by atoms with Crippen molar-refractivity contribution in [2.24, 2.45) is 7.05 Å². The average molecular weight is 355 g/mol. The number of aromatic nitrogens is 2. The van der Waals surface area contributed by atoms with E-state index in [1.165, 1.54) is 27.6 Å². The summed E-state index contributed by atoms with van der Waals surface area (Å²) in [6.45, 7) is 0.833. The van der Waals surface area contributed by atoms with Gasteiger partial charge >= 0.3 is 0 Å². The van der Waals surface area contributed by atoms with Crippen LogP contribution in [0.25, 0.3) is 23.1 Å². The summed E-state index contributed by atoms with van der Waals surface area (Å²) in [6.07, 6.45) is 10.7. The number of methoxy groups -OCH3 is 1. The normalized spacial score (nSPS) is 11.3. The first kappa shape index (κ1) is 17.1. The third kappa shape index (κ3) is 3.77. The topological polar surface area (TPSA) is 18.0 Å². The van der Waals surface area contributed by atoms with Gasteiger partial charge in [-0.3, -0.25) is 0 Å². The standard InChI is InChI=1S/C24H23N2O/c1-25-14-12-19(13-15-25)8-9-21-18-26(17-20-6-4-3-5-7-20)24-16-22(27-2)10-11-23(21)24/h3-16,18H,17H2,1-2H3/q+1. The van der Waals surface area contributed by atoms with Crippen molar-refractivity contribution in [2.45, 2.75) is 6.54 Å². The fourth-order valence-electron chi connectivity index (χ4n) is 3.28. The molecular formula is C24H23N2O+. The molecule has 0 atom stereocenters. The van der Waals surface area contributed by atoms with Gasteiger partial charge in [-0.1, -0.05) is 42.5 Å². The van der Waals surface area contributed by atoms with E-state index in [2.05, 4.69) is 83.8 Å². The minimum atomic E-state index is 0.833. The molecule has 27 heavy (non-hydrogen) atoms. The maximum absolute atomic E-state index is 5.44. The van der Waals surface area contributed by atoms with Crippen molar-refractivity contribution in [3.8, 4) is 5.75 Å². The fraction of sp³-hybridized carbons (Fsp3) is 0.125. The largest absolute Gasteiger partial charge is 0.497 e. The van der Waals surface area contributed by atoms with Crippen molar-refractivity contribution in [1.29, 1.82) is 0 Å². The van der Waals surface area contributed by atoms with E-state index in [-0.39, 0.29) is 0 Å². The number of aryl methyl sites for hydroxylation is 1. The Kier molecular flexibility index (Phi) is 4.75. The number of ether oxygens (including phenoxy) is 1. The molecule has 0 amide bonds. The lowest BCUT2D eigenvalue weighted by atomic mass is 10.1. The Morgan fingerprint density at radius 2 is 1.74 bits per heavy atom. The average Bonchev–Trinajstić information content (AvgIpc) is 3.05. The van der Waals surface area contributed by atoms with E-state index in [0.29, 0.717) is 0 Å². The second kappa shape index (κ2) is 7.50. The van der Waals surface area contributed by atoms with E-state index < -0.39 is 0 Å². The predicted molar refractivity (Wildman–Crippen MR) is 111 cm³/mol. The van der Waals surface area contributed by atoms with Gasteiger partial charge < -0.3 is 9.30 Å². The van der Waals surface area contributed by atoms with Gasteiger partial charge in [0.15, 0.2) is 12.4 Å². The first-order valence-corrected chi connectivity index (χ1v) is 9.07. The summed E-state index contributed by atoms with van der Waals surface area (Å²) in [4.78, 5) is 0. The van der Waals surface area contributed by atoms with E-state index in [0.717, 1.165) is 12.3 Å². The van der Waals surface area contributed by atoms with Crippen LogP contribution >= 0.6 is 0 Å². The molecule has 134 valence electrons. The van der Waals surface area contributed by atoms with Crippen molar-refractivity contribution in [1.82, 2.24) is 4.57 Å². The van der Waals surface area contributed by atoms with Crippen LogP contribution in [0.15, 0.2) is 79.3 Å². The van der Waals surface area contributed by atoms with E-state index in [1.807, 2.05) is 23.7 Å². The highest BCUT2D eigenvalue weighted by Crippen LogP contribution is 2.28. The SMILES string of the molecule is COc1ccc2c(C=Cc3cc[n+](C)cc3)cn(Cc3ccccc3)c2c1. The Morgan fingerprint density at radius 1 is 0.963 bits per heavy atom. The van der Waals surface area contributed by atoms with Crippen molar-refractivity contribution < 1.29 is 9.30 Å². The van der Waals surface area contributed by atoms with Gasteiger partial charge in [0, 0.05) is 41.9 Å². The molecule has 2 aromatic carbocycles. The van der Waals surface area contributed by atoms with Crippen LogP contribution in [0, 0.1) is 0 Å². The summed E-state index contributed by atoms with van der Waals surface area (Å²) >= 11 is 0. The molecule has 0 aliphatic rings. The van der Waals surface area contributed by atoms with Gasteiger partial charge in [0.25, 0.3) is 0 Å². The Morgan fingerprint density at radius 3 is 2.48 bits per heavy atom. The van der Waals surface area contributed by atoms with E-state index in [1.54, 1.807) is 7.11 Å². The molecule has 2 aromatic heterocycles. The third-order valence-corrected chi connectivity index (χ3v) is 4.78. The Hall–Kier alpha value is -3.33. The first-order chi connectivity index (χ1) is 13.2. The lowest BCUT2D eigenvalue weighted by Gasteiger charge is -2.06. The zero-order valence-electron chi connectivity index (χ0n) is 15.7. The Labute approximate surface area is 159 Å². The van der Waals surface area contributed by atoms with Gasteiger partial charge in [-0.25, -0.2) is 4.57 Å². The smallest absolute Gasteiger partial charge is 0.169 e. The molecule has 3 nitrogen and oxygen atoms in total. The highest BCUT2D eigenvalue weighted by atomic mass is 16.5. The van der Waals surface area contributed by atoms with Crippen LogP contribution in [0.3, 0.4) is 0 Å². The molecule has 0 N–H and O–H groups in total. The summed E-state index contributed by atoms with van der Waals surface area (Å²) in [5, 5.41) is 1.23. The molecule has 4 aromatic rings. The molecule has 0 radical (unpaired) electrons. The Bertz CT molecular complexity index is 1080. The van der Waals surface area contributed by atoms with Crippen LogP contribution in [0.5, 0.6) is 5.75 Å². The molecule has 0 saturated carbocycles. The lowest BCUT2D eigenvalue weighted by molar-refractivity contribution is -0.671. The molecule has 2 heterocycles. The molecule has 0 spiro atoms. The maximum Gasteiger partial charge on any atom is 0.169 e. The maximum atomic E-state index is 5.44. The van der Waals surface area contributed by atoms with Crippen LogP contribution in [0.4, 0.5) is 0 Å². The highest BCUT2D eigenvalue weighted by molar-refractivity contribution is 5.93. The highest BCUT2D eigenvalue weighted by Gasteiger charge is 2.09. The van der Waals surface area contributed by atoms with Gasteiger partial charge in [-0.05, 0) is 23.3 Å². The molecule has 0 fully saturated rings. The predicted octanol–water partition coefficient (Wildman–Crippen LogP) is 4.69. The minimum Gasteiger partial charge on any atom is -0.497 e. The number of hydrogen-bond acceptors (Lipinski definition) is 1. The second-order valence-electron chi connectivity index (χ2n) is 6.71. The molecular weight excluding hydrogens is 332 g/mol. The lowest BCUT2D eigenvalue weighted by Crippen LogP contribution is -2.25. The summed E-state index contributed by atoms with van der Waals surface area (Å²) in [5.74, 6) is 0.876. The molecule has 0 saturated heterocycles. The van der Waals surface area contributed by atoms with Crippen molar-refractivity contribution in [2.75, 3.05) is 7.11 Å². The van der Waals surface area contributed by atoms with Crippen LogP contribution in [-0.2, 0) is 13.6 Å². The van der Waals surface area contributed by atoms with E-state index in [9.17, 15) is 0 Å². The quantitative estimate of drug-likeness (QED) is 0.475. The van der Waals surface area contributed by atoms with Gasteiger partial charge in [0.05, 0.1) is 12.6 Å². The minimum absolute atomic E-state index is 0.833. The number of hydrogen-bond donors (Lipinski definition) is 0. The van der Waals surface area contributed by atoms with Gasteiger partial charge in [0.1, 0.15) is 12.8 Å². The van der Waals surface area contributed by atoms with E-state index in [4.69, 9.17) is 4.74 Å². The van der Waals surface area contributed by atoms with Gasteiger partial charge in [-0.2, -0.15) is 0 Å². The van der Waals surface area contributed by atoms with Crippen molar-refractivity contribution >= 4 is 23.1 Å². The second-order valence-corrected chi connectivity index (χ2v) is 6.71. The van der Waals surface area contributed by atoms with Crippen LogP contribution in [0.1, 0.15) is 16.7 Å². The summed E-state index contributed by atoms with van der Waals surface area (Å²) in [5.41, 5.74) is 4.85. The number of nitrogens with zero attached hydrogens (tertiary/aromatic N) is 2. The number of rotatable bonds is 5. The van der Waals surface area contributed by atoms with Crippen molar-refractivity contribution in [3.05, 3.63) is 95.9 Å². The molecule has 0 bridgehead atoms. The molecule has 0 aliphatic carbocycles. The number of pyridine rings is 1. The molecule has 3 heteroatoms. The zero-order valence-corrected chi connectivity index (χ0v) is 15.7. The van der Waals surface area contributed by atoms with Crippen LogP contribution < -0.4 is 9.30 Å². The number of benzene rings is 2. The summed E-state index contributed by atoms with van der Waals surface area (Å²) < 4.78 is 9.77. The monoisotopic (exact) mass is 355 g/mol. The number of fused-ring (bicyclic) bond motifs is 1. The third-order valence-electron chi connectivity index (χ3n) is 4.78. The fourth-order valence-corrected chi connectivity index (χ4v) is 3.28.